The van der Waals surface area contributed by atoms with Gasteiger partial charge in [0.15, 0.2) is 11.6 Å². The summed E-state index contributed by atoms with van der Waals surface area (Å²) in [5, 5.41) is -0.0693. The van der Waals surface area contributed by atoms with Crippen molar-refractivity contribution in [1.82, 2.24) is 0 Å². The molecule has 0 saturated carbocycles. The van der Waals surface area contributed by atoms with Crippen molar-refractivity contribution in [3.8, 4) is 5.75 Å². The van der Waals surface area contributed by atoms with Crippen LogP contribution in [0.3, 0.4) is 0 Å². The van der Waals surface area contributed by atoms with Crippen LogP contribution in [0.2, 0.25) is 5.02 Å². The number of rotatable bonds is 4. The van der Waals surface area contributed by atoms with Crippen LogP contribution in [0.4, 0.5) is 8.78 Å². The Balaban J connectivity index is 2.15. The molecule has 0 amide bonds. The molecule has 3 nitrogen and oxygen atoms in total. The average Bonchev–Trinajstić information content (AvgIpc) is 2.40. The summed E-state index contributed by atoms with van der Waals surface area (Å²) < 4.78 is 54.0. The Morgan fingerprint density at radius 3 is 2.33 bits per heavy atom. The fraction of sp³-hybridized carbons (Fsp3) is 0.0769. The predicted octanol–water partition coefficient (Wildman–Crippen LogP) is 4.12. The van der Waals surface area contributed by atoms with Crippen LogP contribution in [0, 0.1) is 11.6 Å². The van der Waals surface area contributed by atoms with Crippen LogP contribution in [0.25, 0.3) is 0 Å². The Hall–Kier alpha value is -1.37. The molecule has 21 heavy (non-hydrogen) atoms. The zero-order valence-corrected chi connectivity index (χ0v) is 12.6. The van der Waals surface area contributed by atoms with Gasteiger partial charge in [-0.25, -0.2) is 17.2 Å². The number of benzene rings is 2. The molecule has 0 fully saturated rings. The van der Waals surface area contributed by atoms with Crippen molar-refractivity contribution in [2.45, 2.75) is 11.5 Å². The zero-order valence-electron chi connectivity index (χ0n) is 10.3. The van der Waals surface area contributed by atoms with Gasteiger partial charge in [0.2, 0.25) is 0 Å². The third kappa shape index (κ3) is 4.06. The molecule has 0 spiro atoms. The highest BCUT2D eigenvalue weighted by Crippen LogP contribution is 2.24. The largest absolute Gasteiger partial charge is 0.486 e. The fourth-order valence-electron chi connectivity index (χ4n) is 1.54. The molecule has 0 heterocycles. The average molecular weight is 353 g/mol. The van der Waals surface area contributed by atoms with Crippen LogP contribution < -0.4 is 4.74 Å². The Morgan fingerprint density at radius 2 is 1.76 bits per heavy atom. The highest BCUT2D eigenvalue weighted by molar-refractivity contribution is 8.13. The molecule has 0 aromatic heterocycles. The summed E-state index contributed by atoms with van der Waals surface area (Å²) in [6, 6.07) is 6.99. The number of hydrogen-bond donors (Lipinski definition) is 0. The molecule has 0 bridgehead atoms. The topological polar surface area (TPSA) is 43.4 Å². The zero-order chi connectivity index (χ0) is 15.6. The third-order valence-electron chi connectivity index (χ3n) is 2.56. The molecule has 0 unspecified atom stereocenters. The van der Waals surface area contributed by atoms with E-state index in [0.717, 1.165) is 18.2 Å². The lowest BCUT2D eigenvalue weighted by molar-refractivity contribution is 0.289. The van der Waals surface area contributed by atoms with Gasteiger partial charge in [0.1, 0.15) is 12.4 Å². The summed E-state index contributed by atoms with van der Waals surface area (Å²) in [7, 11) is 1.10. The van der Waals surface area contributed by atoms with Gasteiger partial charge in [-0.1, -0.05) is 17.7 Å². The molecule has 2 aromatic rings. The minimum absolute atomic E-state index is 0.0517. The van der Waals surface area contributed by atoms with E-state index in [4.69, 9.17) is 27.0 Å². The van der Waals surface area contributed by atoms with Crippen molar-refractivity contribution in [3.05, 3.63) is 58.6 Å². The van der Waals surface area contributed by atoms with E-state index in [9.17, 15) is 17.2 Å². The Kier molecular flexibility index (Phi) is 4.70. The van der Waals surface area contributed by atoms with Crippen LogP contribution >= 0.6 is 22.3 Å². The summed E-state index contributed by atoms with van der Waals surface area (Å²) in [5.74, 6) is -1.59. The molecule has 8 heteroatoms. The second-order valence-electron chi connectivity index (χ2n) is 4.07. The van der Waals surface area contributed by atoms with Crippen LogP contribution in [0.15, 0.2) is 41.3 Å². The maximum absolute atomic E-state index is 13.7. The van der Waals surface area contributed by atoms with Crippen LogP contribution in [-0.2, 0) is 15.7 Å². The smallest absolute Gasteiger partial charge is 0.261 e. The molecular formula is C13H8Cl2F2O3S. The van der Waals surface area contributed by atoms with Crippen molar-refractivity contribution >= 4 is 31.3 Å². The predicted molar refractivity (Wildman–Crippen MR) is 75.2 cm³/mol. The first-order chi connectivity index (χ1) is 9.77. The van der Waals surface area contributed by atoms with Gasteiger partial charge in [0.25, 0.3) is 9.05 Å². The van der Waals surface area contributed by atoms with Gasteiger partial charge < -0.3 is 4.74 Å². The van der Waals surface area contributed by atoms with Crippen molar-refractivity contribution in [2.24, 2.45) is 0 Å². The van der Waals surface area contributed by atoms with E-state index in [-0.39, 0.29) is 22.3 Å². The summed E-state index contributed by atoms with van der Waals surface area (Å²) in [6.07, 6.45) is 0. The molecule has 0 aliphatic heterocycles. The number of hydrogen-bond acceptors (Lipinski definition) is 3. The molecule has 0 radical (unpaired) electrons. The van der Waals surface area contributed by atoms with Crippen molar-refractivity contribution in [1.29, 1.82) is 0 Å². The highest BCUT2D eigenvalue weighted by atomic mass is 35.7. The maximum atomic E-state index is 13.7. The van der Waals surface area contributed by atoms with Crippen molar-refractivity contribution in [3.63, 3.8) is 0 Å². The summed E-state index contributed by atoms with van der Waals surface area (Å²) in [5.41, 5.74) is 0.537. The highest BCUT2D eigenvalue weighted by Gasteiger charge is 2.14. The standard InChI is InChI=1S/C13H8Cl2F2O3S/c14-10-5-8(1-3-11(10)16)7-20-13-4-2-9(6-12(13)17)21(15,18)19/h1-6H,7H2. The quantitative estimate of drug-likeness (QED) is 0.777. The minimum atomic E-state index is -4.00. The molecule has 0 aliphatic carbocycles. The monoisotopic (exact) mass is 352 g/mol. The third-order valence-corrected chi connectivity index (χ3v) is 4.20. The summed E-state index contributed by atoms with van der Waals surface area (Å²) >= 11 is 5.61. The van der Waals surface area contributed by atoms with Crippen LogP contribution in [-0.4, -0.2) is 8.42 Å². The van der Waals surface area contributed by atoms with Gasteiger partial charge in [0.05, 0.1) is 9.92 Å². The molecule has 2 rings (SSSR count). The van der Waals surface area contributed by atoms with Gasteiger partial charge >= 0.3 is 0 Å². The van der Waals surface area contributed by atoms with E-state index < -0.39 is 20.7 Å². The van der Waals surface area contributed by atoms with E-state index >= 15 is 0 Å². The van der Waals surface area contributed by atoms with Gasteiger partial charge in [-0.2, -0.15) is 0 Å². The fourth-order valence-corrected chi connectivity index (χ4v) is 2.51. The molecule has 0 aliphatic rings. The molecular weight excluding hydrogens is 345 g/mol. The first kappa shape index (κ1) is 16.0. The lowest BCUT2D eigenvalue weighted by Crippen LogP contribution is -1.99. The lowest BCUT2D eigenvalue weighted by atomic mass is 10.2. The Labute approximate surface area is 129 Å². The summed E-state index contributed by atoms with van der Waals surface area (Å²) in [4.78, 5) is -0.362. The maximum Gasteiger partial charge on any atom is 0.261 e. The first-order valence-corrected chi connectivity index (χ1v) is 8.27. The van der Waals surface area contributed by atoms with Gasteiger partial charge in [-0.15, -0.1) is 0 Å². The van der Waals surface area contributed by atoms with E-state index in [0.29, 0.717) is 5.56 Å². The van der Waals surface area contributed by atoms with E-state index in [1.54, 1.807) is 0 Å². The second kappa shape index (κ2) is 6.17. The van der Waals surface area contributed by atoms with Crippen molar-refractivity contribution in [2.75, 3.05) is 0 Å². The van der Waals surface area contributed by atoms with Crippen LogP contribution in [0.1, 0.15) is 5.56 Å². The number of ether oxygens (including phenoxy) is 1. The minimum Gasteiger partial charge on any atom is -0.486 e. The molecule has 0 atom stereocenters. The Bertz CT molecular complexity index is 779. The number of halogens is 4. The molecule has 0 N–H and O–H groups in total. The van der Waals surface area contributed by atoms with Gasteiger partial charge in [0, 0.05) is 10.7 Å². The Morgan fingerprint density at radius 1 is 1.05 bits per heavy atom. The van der Waals surface area contributed by atoms with E-state index in [2.05, 4.69) is 0 Å². The van der Waals surface area contributed by atoms with Crippen molar-refractivity contribution < 1.29 is 21.9 Å². The molecule has 112 valence electrons. The van der Waals surface area contributed by atoms with Crippen LogP contribution in [0.5, 0.6) is 5.75 Å². The second-order valence-corrected chi connectivity index (χ2v) is 7.04. The summed E-state index contributed by atoms with van der Waals surface area (Å²) in [6.45, 7) is -0.0517. The van der Waals surface area contributed by atoms with Gasteiger partial charge in [-0.05, 0) is 35.9 Å². The van der Waals surface area contributed by atoms with E-state index in [1.165, 1.54) is 18.2 Å². The SMILES string of the molecule is O=S(=O)(Cl)c1ccc(OCc2ccc(F)c(Cl)c2)c(F)c1. The van der Waals surface area contributed by atoms with Gasteiger partial charge in [-0.3, -0.25) is 0 Å². The molecule has 2 aromatic carbocycles. The lowest BCUT2D eigenvalue weighted by Gasteiger charge is -2.08. The normalized spacial score (nSPS) is 11.4. The first-order valence-electron chi connectivity index (χ1n) is 5.58. The van der Waals surface area contributed by atoms with E-state index in [1.807, 2.05) is 0 Å². The molecule has 0 saturated heterocycles.